The Bertz CT molecular complexity index is 618. The summed E-state index contributed by atoms with van der Waals surface area (Å²) in [5.74, 6) is 0. The van der Waals surface area contributed by atoms with Gasteiger partial charge in [-0.1, -0.05) is 63.3 Å². The highest BCUT2D eigenvalue weighted by Crippen LogP contribution is 2.22. The predicted molar refractivity (Wildman–Crippen MR) is 93.7 cm³/mol. The third-order valence-electron chi connectivity index (χ3n) is 3.57. The van der Waals surface area contributed by atoms with E-state index in [0.717, 1.165) is 17.9 Å². The zero-order chi connectivity index (χ0) is 16.2. The first kappa shape index (κ1) is 16.5. The van der Waals surface area contributed by atoms with E-state index in [1.165, 1.54) is 5.56 Å². The molecule has 1 heterocycles. The number of benzene rings is 1. The summed E-state index contributed by atoms with van der Waals surface area (Å²) in [7, 11) is 2.00. The van der Waals surface area contributed by atoms with Crippen LogP contribution >= 0.6 is 0 Å². The Morgan fingerprint density at radius 1 is 1.23 bits per heavy atom. The van der Waals surface area contributed by atoms with E-state index in [-0.39, 0.29) is 11.5 Å². The van der Waals surface area contributed by atoms with Crippen molar-refractivity contribution < 1.29 is 0 Å². The predicted octanol–water partition coefficient (Wildman–Crippen LogP) is 4.34. The first-order chi connectivity index (χ1) is 10.4. The van der Waals surface area contributed by atoms with E-state index in [4.69, 9.17) is 0 Å². The van der Waals surface area contributed by atoms with E-state index < -0.39 is 0 Å². The van der Waals surface area contributed by atoms with E-state index in [2.05, 4.69) is 80.6 Å². The highest BCUT2D eigenvalue weighted by Gasteiger charge is 2.12. The van der Waals surface area contributed by atoms with Crippen LogP contribution in [0.3, 0.4) is 0 Å². The summed E-state index contributed by atoms with van der Waals surface area (Å²) >= 11 is 0. The summed E-state index contributed by atoms with van der Waals surface area (Å²) in [4.78, 5) is 0. The van der Waals surface area contributed by atoms with Crippen molar-refractivity contribution in [2.24, 2.45) is 12.5 Å². The molecule has 3 heteroatoms. The summed E-state index contributed by atoms with van der Waals surface area (Å²) in [6.07, 6.45) is 4.43. The fourth-order valence-corrected chi connectivity index (χ4v) is 2.34. The minimum Gasteiger partial charge on any atom is -0.305 e. The van der Waals surface area contributed by atoms with Crippen molar-refractivity contribution in [3.05, 3.63) is 54.2 Å². The molecule has 1 aromatic carbocycles. The van der Waals surface area contributed by atoms with Gasteiger partial charge in [0.25, 0.3) is 0 Å². The molecule has 0 amide bonds. The molecule has 1 atom stereocenters. The number of nitrogens with zero attached hydrogens (tertiary/aromatic N) is 2. The van der Waals surface area contributed by atoms with Gasteiger partial charge in [0.1, 0.15) is 0 Å². The summed E-state index contributed by atoms with van der Waals surface area (Å²) < 4.78 is 1.95. The van der Waals surface area contributed by atoms with Gasteiger partial charge in [-0.05, 0) is 24.0 Å². The molecule has 0 aliphatic heterocycles. The number of hydrogen-bond donors (Lipinski definition) is 1. The van der Waals surface area contributed by atoms with Gasteiger partial charge in [0.05, 0.1) is 11.4 Å². The van der Waals surface area contributed by atoms with Crippen LogP contribution in [0, 0.1) is 5.41 Å². The van der Waals surface area contributed by atoms with Gasteiger partial charge in [0, 0.05) is 19.6 Å². The minimum atomic E-state index is 0.230. The normalized spacial score (nSPS) is 13.7. The second-order valence-electron chi connectivity index (χ2n) is 6.84. The molecule has 0 unspecified atom stereocenters. The van der Waals surface area contributed by atoms with Crippen LogP contribution in [-0.4, -0.2) is 16.3 Å². The first-order valence-corrected chi connectivity index (χ1v) is 7.87. The highest BCUT2D eigenvalue weighted by molar-refractivity contribution is 5.59. The van der Waals surface area contributed by atoms with Gasteiger partial charge in [-0.25, -0.2) is 0 Å². The number of aryl methyl sites for hydroxylation is 1. The van der Waals surface area contributed by atoms with Crippen LogP contribution < -0.4 is 5.32 Å². The molecule has 1 aromatic heterocycles. The van der Waals surface area contributed by atoms with Crippen molar-refractivity contribution in [3.63, 3.8) is 0 Å². The molecule has 3 nitrogen and oxygen atoms in total. The second-order valence-corrected chi connectivity index (χ2v) is 6.84. The van der Waals surface area contributed by atoms with Gasteiger partial charge < -0.3 is 5.32 Å². The zero-order valence-corrected chi connectivity index (χ0v) is 14.3. The number of nitrogens with one attached hydrogen (secondary N) is 1. The molecular formula is C19H27N3. The standard InChI is InChI=1S/C19H27N3/c1-15(20-13-9-12-19(2,3)4)17-14-18(22(5)21-17)16-10-7-6-8-11-16/h6-12,14-15,20H,13H2,1-5H3/b12-9+/t15-/m1/s1. The maximum Gasteiger partial charge on any atom is 0.0797 e. The lowest BCUT2D eigenvalue weighted by atomic mass is 9.96. The van der Waals surface area contributed by atoms with Crippen LogP contribution in [0.25, 0.3) is 11.3 Å². The molecule has 0 spiro atoms. The van der Waals surface area contributed by atoms with Gasteiger partial charge in [0.15, 0.2) is 0 Å². The number of hydrogen-bond acceptors (Lipinski definition) is 2. The van der Waals surface area contributed by atoms with Crippen LogP contribution in [0.4, 0.5) is 0 Å². The van der Waals surface area contributed by atoms with Gasteiger partial charge in [-0.15, -0.1) is 0 Å². The number of allylic oxidation sites excluding steroid dienone is 1. The van der Waals surface area contributed by atoms with Gasteiger partial charge >= 0.3 is 0 Å². The fraction of sp³-hybridized carbons (Fsp3) is 0.421. The van der Waals surface area contributed by atoms with Gasteiger partial charge in [-0.2, -0.15) is 5.10 Å². The first-order valence-electron chi connectivity index (χ1n) is 7.87. The summed E-state index contributed by atoms with van der Waals surface area (Å²) in [6, 6.07) is 12.8. The van der Waals surface area contributed by atoms with E-state index in [0.29, 0.717) is 0 Å². The smallest absolute Gasteiger partial charge is 0.0797 e. The van der Waals surface area contributed by atoms with Crippen molar-refractivity contribution >= 4 is 0 Å². The fourth-order valence-electron chi connectivity index (χ4n) is 2.34. The lowest BCUT2D eigenvalue weighted by Gasteiger charge is -2.12. The topological polar surface area (TPSA) is 29.9 Å². The monoisotopic (exact) mass is 297 g/mol. The Morgan fingerprint density at radius 2 is 1.91 bits per heavy atom. The van der Waals surface area contributed by atoms with Crippen LogP contribution in [-0.2, 0) is 7.05 Å². The SMILES string of the molecule is C[C@@H](NC/C=C/C(C)(C)C)c1cc(-c2ccccc2)n(C)n1. The minimum absolute atomic E-state index is 0.230. The van der Waals surface area contributed by atoms with Crippen molar-refractivity contribution in [1.82, 2.24) is 15.1 Å². The van der Waals surface area contributed by atoms with Crippen molar-refractivity contribution in [2.75, 3.05) is 6.54 Å². The third-order valence-corrected chi connectivity index (χ3v) is 3.57. The third kappa shape index (κ3) is 4.57. The maximum absolute atomic E-state index is 4.64. The highest BCUT2D eigenvalue weighted by atomic mass is 15.3. The number of rotatable bonds is 5. The molecule has 0 aliphatic rings. The molecular weight excluding hydrogens is 270 g/mol. The van der Waals surface area contributed by atoms with E-state index in [9.17, 15) is 0 Å². The maximum atomic E-state index is 4.64. The van der Waals surface area contributed by atoms with Gasteiger partial charge in [-0.3, -0.25) is 4.68 Å². The van der Waals surface area contributed by atoms with Crippen molar-refractivity contribution in [2.45, 2.75) is 33.7 Å². The largest absolute Gasteiger partial charge is 0.305 e. The Kier molecular flexibility index (Phi) is 5.19. The quantitative estimate of drug-likeness (QED) is 0.832. The Morgan fingerprint density at radius 3 is 2.55 bits per heavy atom. The summed E-state index contributed by atoms with van der Waals surface area (Å²) in [5.41, 5.74) is 3.65. The van der Waals surface area contributed by atoms with Crippen molar-refractivity contribution in [1.29, 1.82) is 0 Å². The van der Waals surface area contributed by atoms with Crippen molar-refractivity contribution in [3.8, 4) is 11.3 Å². The Labute approximate surface area is 134 Å². The van der Waals surface area contributed by atoms with E-state index in [1.807, 2.05) is 17.8 Å². The lowest BCUT2D eigenvalue weighted by Crippen LogP contribution is -2.19. The van der Waals surface area contributed by atoms with E-state index in [1.54, 1.807) is 0 Å². The van der Waals surface area contributed by atoms with E-state index >= 15 is 0 Å². The Hall–Kier alpha value is -1.87. The second kappa shape index (κ2) is 6.93. The molecule has 0 saturated heterocycles. The number of aromatic nitrogens is 2. The molecule has 2 rings (SSSR count). The molecule has 2 aromatic rings. The van der Waals surface area contributed by atoms with Crippen LogP contribution in [0.15, 0.2) is 48.6 Å². The molecule has 118 valence electrons. The molecule has 0 bridgehead atoms. The molecule has 22 heavy (non-hydrogen) atoms. The molecule has 0 radical (unpaired) electrons. The molecule has 1 N–H and O–H groups in total. The summed E-state index contributed by atoms with van der Waals surface area (Å²) in [6.45, 7) is 9.63. The Balaban J connectivity index is 2.03. The average molecular weight is 297 g/mol. The zero-order valence-electron chi connectivity index (χ0n) is 14.3. The average Bonchev–Trinajstić information content (AvgIpc) is 2.85. The van der Waals surface area contributed by atoms with Crippen LogP contribution in [0.1, 0.15) is 39.4 Å². The lowest BCUT2D eigenvalue weighted by molar-refractivity contribution is 0.537. The van der Waals surface area contributed by atoms with Crippen LogP contribution in [0.2, 0.25) is 0 Å². The molecule has 0 aliphatic carbocycles. The van der Waals surface area contributed by atoms with Crippen LogP contribution in [0.5, 0.6) is 0 Å². The van der Waals surface area contributed by atoms with Gasteiger partial charge in [0.2, 0.25) is 0 Å². The molecule has 0 saturated carbocycles. The molecule has 0 fully saturated rings. The summed E-state index contributed by atoms with van der Waals surface area (Å²) in [5, 5.41) is 8.15.